The summed E-state index contributed by atoms with van der Waals surface area (Å²) in [7, 11) is 0. The van der Waals surface area contributed by atoms with Gasteiger partial charge in [-0.05, 0) is 35.4 Å². The summed E-state index contributed by atoms with van der Waals surface area (Å²) in [4.78, 5) is 10.7. The molecule has 2 aromatic carbocycles. The van der Waals surface area contributed by atoms with E-state index >= 15 is 0 Å². The van der Waals surface area contributed by atoms with Crippen LogP contribution in [0.25, 0.3) is 12.2 Å². The Morgan fingerprint density at radius 1 is 1.05 bits per heavy atom. The highest BCUT2D eigenvalue weighted by molar-refractivity contribution is 9.10. The molecule has 0 aromatic heterocycles. The molecule has 0 bridgehead atoms. The first-order valence-corrected chi connectivity index (χ1v) is 6.35. The average molecular weight is 319 g/mol. The number of aromatic hydroxyl groups is 1. The summed E-state index contributed by atoms with van der Waals surface area (Å²) in [6, 6.07) is 11.6. The van der Waals surface area contributed by atoms with E-state index in [1.54, 1.807) is 42.5 Å². The summed E-state index contributed by atoms with van der Waals surface area (Å²) in [6.07, 6.45) is 3.77. The molecule has 0 aliphatic rings. The molecule has 0 atom stereocenters. The van der Waals surface area contributed by atoms with Crippen LogP contribution in [0, 0.1) is 0 Å². The maximum atomic E-state index is 10.7. The number of phenolic OH excluding ortho intramolecular Hbond substituents is 1. The summed E-state index contributed by atoms with van der Waals surface area (Å²) in [5.74, 6) is -0.730. The van der Waals surface area contributed by atoms with Gasteiger partial charge in [0.2, 0.25) is 0 Å². The molecule has 0 heterocycles. The number of carbonyl (C=O) groups is 1. The predicted octanol–water partition coefficient (Wildman–Crippen LogP) is 4.02. The summed E-state index contributed by atoms with van der Waals surface area (Å²) in [6.45, 7) is 0. The molecule has 19 heavy (non-hydrogen) atoms. The fraction of sp³-hybridized carbons (Fsp3) is 0. The van der Waals surface area contributed by atoms with E-state index in [1.807, 2.05) is 12.2 Å². The van der Waals surface area contributed by atoms with Gasteiger partial charge in [0, 0.05) is 4.47 Å². The Balaban J connectivity index is 2.20. The normalized spacial score (nSPS) is 10.8. The van der Waals surface area contributed by atoms with Gasteiger partial charge in [-0.1, -0.05) is 46.3 Å². The van der Waals surface area contributed by atoms with Crippen molar-refractivity contribution in [2.45, 2.75) is 0 Å². The standard InChI is InChI=1S/C15H11BrO3/c16-14-9-13(17)8-7-11(14)4-1-10-2-5-12(6-3-10)15(18)19/h1-9,17H,(H,18,19). The molecule has 0 spiro atoms. The summed E-state index contributed by atoms with van der Waals surface area (Å²) < 4.78 is 0.797. The van der Waals surface area contributed by atoms with Crippen LogP contribution in [-0.4, -0.2) is 16.2 Å². The van der Waals surface area contributed by atoms with E-state index in [1.165, 1.54) is 0 Å². The smallest absolute Gasteiger partial charge is 0.335 e. The Labute approximate surface area is 119 Å². The topological polar surface area (TPSA) is 57.5 Å². The molecule has 0 aliphatic heterocycles. The number of carboxylic acid groups (broad SMARTS) is 1. The molecular weight excluding hydrogens is 308 g/mol. The molecule has 0 unspecified atom stereocenters. The molecule has 0 aliphatic carbocycles. The van der Waals surface area contributed by atoms with Gasteiger partial charge in [0.25, 0.3) is 0 Å². The van der Waals surface area contributed by atoms with E-state index in [4.69, 9.17) is 5.11 Å². The number of hydrogen-bond donors (Lipinski definition) is 2. The van der Waals surface area contributed by atoms with Gasteiger partial charge < -0.3 is 10.2 Å². The highest BCUT2D eigenvalue weighted by Gasteiger charge is 2.00. The van der Waals surface area contributed by atoms with Crippen molar-refractivity contribution in [2.75, 3.05) is 0 Å². The van der Waals surface area contributed by atoms with E-state index < -0.39 is 5.97 Å². The number of aromatic carboxylic acids is 1. The van der Waals surface area contributed by atoms with Crippen LogP contribution in [0.1, 0.15) is 21.5 Å². The molecule has 0 saturated carbocycles. The molecule has 0 saturated heterocycles. The lowest BCUT2D eigenvalue weighted by molar-refractivity contribution is 0.0697. The van der Waals surface area contributed by atoms with Gasteiger partial charge >= 0.3 is 5.97 Å². The van der Waals surface area contributed by atoms with Gasteiger partial charge in [-0.25, -0.2) is 4.79 Å². The second-order valence-corrected chi connectivity index (χ2v) is 4.82. The van der Waals surface area contributed by atoms with Crippen LogP contribution in [-0.2, 0) is 0 Å². The number of halogens is 1. The quantitative estimate of drug-likeness (QED) is 0.840. The van der Waals surface area contributed by atoms with Crippen molar-refractivity contribution in [1.82, 2.24) is 0 Å². The molecule has 0 amide bonds. The highest BCUT2D eigenvalue weighted by Crippen LogP contribution is 2.23. The summed E-state index contributed by atoms with van der Waals surface area (Å²) in [5.41, 5.74) is 2.10. The van der Waals surface area contributed by atoms with Crippen molar-refractivity contribution < 1.29 is 15.0 Å². The van der Waals surface area contributed by atoms with E-state index in [9.17, 15) is 9.90 Å². The van der Waals surface area contributed by atoms with Crippen molar-refractivity contribution in [2.24, 2.45) is 0 Å². The van der Waals surface area contributed by atoms with Crippen molar-refractivity contribution in [3.05, 3.63) is 63.6 Å². The van der Waals surface area contributed by atoms with Crippen LogP contribution in [0.2, 0.25) is 0 Å². The number of phenols is 1. The summed E-state index contributed by atoms with van der Waals surface area (Å²) in [5, 5.41) is 18.1. The largest absolute Gasteiger partial charge is 0.508 e. The van der Waals surface area contributed by atoms with Crippen molar-refractivity contribution in [1.29, 1.82) is 0 Å². The molecule has 96 valence electrons. The minimum absolute atomic E-state index is 0.204. The zero-order valence-electron chi connectivity index (χ0n) is 9.88. The lowest BCUT2D eigenvalue weighted by atomic mass is 10.1. The molecule has 2 aromatic rings. The Hall–Kier alpha value is -2.07. The minimum atomic E-state index is -0.934. The minimum Gasteiger partial charge on any atom is -0.508 e. The first-order valence-electron chi connectivity index (χ1n) is 5.56. The second-order valence-electron chi connectivity index (χ2n) is 3.97. The van der Waals surface area contributed by atoms with E-state index in [-0.39, 0.29) is 11.3 Å². The zero-order chi connectivity index (χ0) is 13.8. The highest BCUT2D eigenvalue weighted by atomic mass is 79.9. The fourth-order valence-electron chi connectivity index (χ4n) is 1.57. The Kier molecular flexibility index (Phi) is 4.02. The van der Waals surface area contributed by atoms with Crippen molar-refractivity contribution in [3.63, 3.8) is 0 Å². The van der Waals surface area contributed by atoms with Gasteiger partial charge in [0.1, 0.15) is 5.75 Å². The zero-order valence-corrected chi connectivity index (χ0v) is 11.5. The lowest BCUT2D eigenvalue weighted by Gasteiger charge is -2.00. The first-order chi connectivity index (χ1) is 9.06. The molecule has 0 fully saturated rings. The molecular formula is C15H11BrO3. The second kappa shape index (κ2) is 5.71. The third kappa shape index (κ3) is 3.45. The lowest BCUT2D eigenvalue weighted by Crippen LogP contribution is -1.94. The fourth-order valence-corrected chi connectivity index (χ4v) is 2.07. The Morgan fingerprint density at radius 2 is 1.74 bits per heavy atom. The van der Waals surface area contributed by atoms with E-state index in [0.717, 1.165) is 15.6 Å². The van der Waals surface area contributed by atoms with Crippen LogP contribution in [0.4, 0.5) is 0 Å². The van der Waals surface area contributed by atoms with Gasteiger partial charge in [0.05, 0.1) is 5.56 Å². The number of rotatable bonds is 3. The van der Waals surface area contributed by atoms with Gasteiger partial charge in [0.15, 0.2) is 0 Å². The Morgan fingerprint density at radius 3 is 2.32 bits per heavy atom. The maximum Gasteiger partial charge on any atom is 0.335 e. The first kappa shape index (κ1) is 13.4. The van der Waals surface area contributed by atoms with Crippen LogP contribution in [0.5, 0.6) is 5.75 Å². The third-order valence-corrected chi connectivity index (χ3v) is 3.28. The van der Waals surface area contributed by atoms with Crippen molar-refractivity contribution in [3.8, 4) is 5.75 Å². The number of carboxylic acids is 1. The predicted molar refractivity (Wildman–Crippen MR) is 78.1 cm³/mol. The SMILES string of the molecule is O=C(O)c1ccc(C=Cc2ccc(O)cc2Br)cc1. The maximum absolute atomic E-state index is 10.7. The average Bonchev–Trinajstić information content (AvgIpc) is 2.38. The molecule has 0 radical (unpaired) electrons. The monoisotopic (exact) mass is 318 g/mol. The third-order valence-electron chi connectivity index (χ3n) is 2.60. The molecule has 2 N–H and O–H groups in total. The van der Waals surface area contributed by atoms with E-state index in [2.05, 4.69) is 15.9 Å². The molecule has 4 heteroatoms. The van der Waals surface area contributed by atoms with Crippen LogP contribution >= 0.6 is 15.9 Å². The van der Waals surface area contributed by atoms with Crippen LogP contribution in [0.15, 0.2) is 46.9 Å². The van der Waals surface area contributed by atoms with E-state index in [0.29, 0.717) is 0 Å². The summed E-state index contributed by atoms with van der Waals surface area (Å²) >= 11 is 3.36. The van der Waals surface area contributed by atoms with Crippen molar-refractivity contribution >= 4 is 34.1 Å². The molecule has 2 rings (SSSR count). The van der Waals surface area contributed by atoms with Gasteiger partial charge in [-0.2, -0.15) is 0 Å². The Bertz CT molecular complexity index is 630. The number of hydrogen-bond acceptors (Lipinski definition) is 2. The van der Waals surface area contributed by atoms with Gasteiger partial charge in [-0.3, -0.25) is 0 Å². The van der Waals surface area contributed by atoms with Crippen LogP contribution in [0.3, 0.4) is 0 Å². The number of benzene rings is 2. The molecule has 3 nitrogen and oxygen atoms in total. The van der Waals surface area contributed by atoms with Gasteiger partial charge in [-0.15, -0.1) is 0 Å². The van der Waals surface area contributed by atoms with Crippen LogP contribution < -0.4 is 0 Å².